The van der Waals surface area contributed by atoms with Gasteiger partial charge in [0.15, 0.2) is 0 Å². The quantitative estimate of drug-likeness (QED) is 0.834. The summed E-state index contributed by atoms with van der Waals surface area (Å²) in [7, 11) is 0. The van der Waals surface area contributed by atoms with Gasteiger partial charge in [0.05, 0.1) is 0 Å². The van der Waals surface area contributed by atoms with Crippen molar-refractivity contribution in [2.75, 3.05) is 0 Å². The molecule has 19 heavy (non-hydrogen) atoms. The number of alkyl halides is 2. The fourth-order valence-corrected chi connectivity index (χ4v) is 2.02. The van der Waals surface area contributed by atoms with E-state index in [0.717, 1.165) is 0 Å². The molecule has 0 aliphatic heterocycles. The highest BCUT2D eigenvalue weighted by Gasteiger charge is 2.25. The van der Waals surface area contributed by atoms with Crippen molar-refractivity contribution in [3.63, 3.8) is 0 Å². The Hall–Kier alpha value is -1.44. The van der Waals surface area contributed by atoms with Gasteiger partial charge in [-0.1, -0.05) is 0 Å². The predicted molar refractivity (Wildman–Crippen MR) is 67.3 cm³/mol. The summed E-state index contributed by atoms with van der Waals surface area (Å²) in [4.78, 5) is 22.7. The number of aryl methyl sites for hydroxylation is 1. The molecule has 0 aliphatic rings. The van der Waals surface area contributed by atoms with E-state index in [4.69, 9.17) is 5.11 Å². The first-order valence-electron chi connectivity index (χ1n) is 5.52. The number of carboxylic acid groups (broad SMARTS) is 1. The van der Waals surface area contributed by atoms with Gasteiger partial charge in [-0.25, -0.2) is 13.6 Å². The average molecular weight is 339 g/mol. The Morgan fingerprint density at radius 2 is 2.16 bits per heavy atom. The molecule has 106 valence electrons. The normalized spacial score (nSPS) is 12.5. The number of carboxylic acids is 1. The summed E-state index contributed by atoms with van der Waals surface area (Å²) in [6.07, 6.45) is -2.07. The highest BCUT2D eigenvalue weighted by atomic mass is 79.9. The Balaban J connectivity index is 2.84. The van der Waals surface area contributed by atoms with Crippen molar-refractivity contribution in [1.82, 2.24) is 9.88 Å². The summed E-state index contributed by atoms with van der Waals surface area (Å²) in [5.41, 5.74) is 0.217. The SMILES string of the molecule is CCn1cc(Br)cc1C(=O)NC(CC(F)F)C(=O)O. The van der Waals surface area contributed by atoms with Gasteiger partial charge in [-0.15, -0.1) is 0 Å². The lowest BCUT2D eigenvalue weighted by molar-refractivity contribution is -0.140. The van der Waals surface area contributed by atoms with Crippen molar-refractivity contribution >= 4 is 27.8 Å². The van der Waals surface area contributed by atoms with E-state index in [9.17, 15) is 18.4 Å². The van der Waals surface area contributed by atoms with Gasteiger partial charge in [0, 0.05) is 23.6 Å². The van der Waals surface area contributed by atoms with Crippen LogP contribution in [0.25, 0.3) is 0 Å². The lowest BCUT2D eigenvalue weighted by atomic mass is 10.2. The molecule has 2 N–H and O–H groups in total. The highest BCUT2D eigenvalue weighted by molar-refractivity contribution is 9.10. The van der Waals surface area contributed by atoms with E-state index >= 15 is 0 Å². The van der Waals surface area contributed by atoms with E-state index in [1.807, 2.05) is 0 Å². The van der Waals surface area contributed by atoms with E-state index in [-0.39, 0.29) is 5.69 Å². The lowest BCUT2D eigenvalue weighted by Crippen LogP contribution is -2.42. The zero-order valence-electron chi connectivity index (χ0n) is 10.1. The van der Waals surface area contributed by atoms with Gasteiger partial charge in [-0.2, -0.15) is 0 Å². The van der Waals surface area contributed by atoms with Crippen LogP contribution in [0.2, 0.25) is 0 Å². The molecular weight excluding hydrogens is 326 g/mol. The van der Waals surface area contributed by atoms with Gasteiger partial charge < -0.3 is 15.0 Å². The number of aliphatic carboxylic acids is 1. The molecule has 1 heterocycles. The third-order valence-corrected chi connectivity index (χ3v) is 2.89. The van der Waals surface area contributed by atoms with Crippen LogP contribution in [-0.2, 0) is 11.3 Å². The number of carbonyl (C=O) groups is 2. The highest BCUT2D eigenvalue weighted by Crippen LogP contribution is 2.15. The summed E-state index contributed by atoms with van der Waals surface area (Å²) < 4.78 is 26.7. The smallest absolute Gasteiger partial charge is 0.326 e. The summed E-state index contributed by atoms with van der Waals surface area (Å²) in [5.74, 6) is -2.18. The number of hydrogen-bond acceptors (Lipinski definition) is 2. The Labute approximate surface area is 116 Å². The van der Waals surface area contributed by atoms with E-state index in [1.165, 1.54) is 6.07 Å². The van der Waals surface area contributed by atoms with Gasteiger partial charge in [-0.3, -0.25) is 4.79 Å². The van der Waals surface area contributed by atoms with Crippen LogP contribution in [-0.4, -0.2) is 34.0 Å². The molecule has 0 aromatic carbocycles. The number of carbonyl (C=O) groups excluding carboxylic acids is 1. The number of amides is 1. The van der Waals surface area contributed by atoms with Crippen LogP contribution in [0.1, 0.15) is 23.8 Å². The fourth-order valence-electron chi connectivity index (χ4n) is 1.56. The van der Waals surface area contributed by atoms with Crippen LogP contribution in [0.5, 0.6) is 0 Å². The fraction of sp³-hybridized carbons (Fsp3) is 0.455. The van der Waals surface area contributed by atoms with Crippen molar-refractivity contribution < 1.29 is 23.5 Å². The Morgan fingerprint density at radius 1 is 1.53 bits per heavy atom. The van der Waals surface area contributed by atoms with E-state index in [2.05, 4.69) is 21.2 Å². The predicted octanol–water partition coefficient (Wildman–Crippen LogP) is 2.11. The molecule has 0 spiro atoms. The minimum Gasteiger partial charge on any atom is -0.480 e. The molecule has 0 aliphatic carbocycles. The van der Waals surface area contributed by atoms with Crippen LogP contribution in [0.15, 0.2) is 16.7 Å². The molecule has 1 unspecified atom stereocenters. The standard InChI is InChI=1S/C11H13BrF2N2O3/c1-2-16-5-6(12)3-8(16)10(17)15-7(11(18)19)4-9(13)14/h3,5,7,9H,2,4H2,1H3,(H,15,17)(H,18,19). The maximum Gasteiger partial charge on any atom is 0.326 e. The maximum absolute atomic E-state index is 12.2. The largest absolute Gasteiger partial charge is 0.480 e. The second-order valence-corrected chi connectivity index (χ2v) is 4.74. The van der Waals surface area contributed by atoms with Gasteiger partial charge >= 0.3 is 5.97 Å². The molecule has 1 atom stereocenters. The minimum absolute atomic E-state index is 0.217. The number of aromatic nitrogens is 1. The van der Waals surface area contributed by atoms with Gasteiger partial charge in [0.1, 0.15) is 11.7 Å². The Kier molecular flexibility index (Phi) is 5.46. The molecular formula is C11H13BrF2N2O3. The molecule has 1 rings (SSSR count). The number of hydrogen-bond donors (Lipinski definition) is 2. The van der Waals surface area contributed by atoms with Crippen LogP contribution in [0.4, 0.5) is 8.78 Å². The summed E-state index contributed by atoms with van der Waals surface area (Å²) in [5, 5.41) is 10.9. The second-order valence-electron chi connectivity index (χ2n) is 3.82. The number of halogens is 3. The number of nitrogens with zero attached hydrogens (tertiary/aromatic N) is 1. The zero-order chi connectivity index (χ0) is 14.6. The first-order chi connectivity index (χ1) is 8.85. The molecule has 8 heteroatoms. The lowest BCUT2D eigenvalue weighted by Gasteiger charge is -2.14. The van der Waals surface area contributed by atoms with Crippen LogP contribution >= 0.6 is 15.9 Å². The average Bonchev–Trinajstić information content (AvgIpc) is 2.68. The van der Waals surface area contributed by atoms with E-state index in [0.29, 0.717) is 11.0 Å². The molecule has 1 aromatic heterocycles. The van der Waals surface area contributed by atoms with Crippen LogP contribution in [0.3, 0.4) is 0 Å². The second kappa shape index (κ2) is 6.65. The molecule has 0 bridgehead atoms. The molecule has 0 saturated heterocycles. The molecule has 5 nitrogen and oxygen atoms in total. The Morgan fingerprint density at radius 3 is 2.63 bits per heavy atom. The van der Waals surface area contributed by atoms with Crippen molar-refractivity contribution in [3.05, 3.63) is 22.4 Å². The summed E-state index contributed by atoms with van der Waals surface area (Å²) in [6, 6.07) is -0.105. The Bertz CT molecular complexity index is 477. The third kappa shape index (κ3) is 4.30. The van der Waals surface area contributed by atoms with E-state index < -0.39 is 30.8 Å². The third-order valence-electron chi connectivity index (χ3n) is 2.45. The van der Waals surface area contributed by atoms with Crippen molar-refractivity contribution in [3.8, 4) is 0 Å². The van der Waals surface area contributed by atoms with Gasteiger partial charge in [0.2, 0.25) is 6.43 Å². The maximum atomic E-state index is 12.2. The molecule has 1 aromatic rings. The topological polar surface area (TPSA) is 71.3 Å². The summed E-state index contributed by atoms with van der Waals surface area (Å²) in [6.45, 7) is 2.30. The van der Waals surface area contributed by atoms with Gasteiger partial charge in [0.25, 0.3) is 5.91 Å². The minimum atomic E-state index is -2.80. The van der Waals surface area contributed by atoms with Crippen molar-refractivity contribution in [2.24, 2.45) is 0 Å². The van der Waals surface area contributed by atoms with Crippen LogP contribution in [0, 0.1) is 0 Å². The summed E-state index contributed by atoms with van der Waals surface area (Å²) >= 11 is 3.19. The first kappa shape index (κ1) is 15.6. The molecule has 1 amide bonds. The number of nitrogens with one attached hydrogen (secondary N) is 1. The van der Waals surface area contributed by atoms with Crippen molar-refractivity contribution in [2.45, 2.75) is 32.4 Å². The molecule has 0 radical (unpaired) electrons. The van der Waals surface area contributed by atoms with Crippen molar-refractivity contribution in [1.29, 1.82) is 0 Å². The first-order valence-corrected chi connectivity index (χ1v) is 6.32. The molecule has 0 saturated carbocycles. The van der Waals surface area contributed by atoms with Crippen LogP contribution < -0.4 is 5.32 Å². The molecule has 0 fully saturated rings. The monoisotopic (exact) mass is 338 g/mol. The zero-order valence-corrected chi connectivity index (χ0v) is 11.7. The van der Waals surface area contributed by atoms with E-state index in [1.54, 1.807) is 17.7 Å². The van der Waals surface area contributed by atoms with Gasteiger partial charge in [-0.05, 0) is 28.9 Å². The number of rotatable bonds is 6.